The molecular weight excluding hydrogens is 326 g/mol. The number of fused-ring (bicyclic) bond motifs is 1. The molecule has 98 valence electrons. The van der Waals surface area contributed by atoms with Gasteiger partial charge in [-0.15, -0.1) is 0 Å². The van der Waals surface area contributed by atoms with Crippen molar-refractivity contribution >= 4 is 33.2 Å². The number of para-hydroxylation sites is 1. The largest absolute Gasteiger partial charge is 0.488 e. The van der Waals surface area contributed by atoms with Crippen LogP contribution in [0.2, 0.25) is 5.02 Å². The second-order valence-corrected chi connectivity index (χ2v) is 5.85. The highest BCUT2D eigenvalue weighted by Crippen LogP contribution is 2.29. The molecular formula is C15H13BrClNO. The second kappa shape index (κ2) is 5.43. The zero-order valence-corrected chi connectivity index (χ0v) is 12.5. The van der Waals surface area contributed by atoms with E-state index in [0.29, 0.717) is 0 Å². The first-order valence-electron chi connectivity index (χ1n) is 6.16. The fourth-order valence-electron chi connectivity index (χ4n) is 2.22. The molecule has 0 saturated heterocycles. The van der Waals surface area contributed by atoms with E-state index in [0.717, 1.165) is 33.9 Å². The summed E-state index contributed by atoms with van der Waals surface area (Å²) < 4.78 is 6.86. The third kappa shape index (κ3) is 2.88. The van der Waals surface area contributed by atoms with Crippen LogP contribution in [-0.2, 0) is 6.42 Å². The van der Waals surface area contributed by atoms with Crippen molar-refractivity contribution in [3.05, 3.63) is 57.5 Å². The highest BCUT2D eigenvalue weighted by Gasteiger charge is 2.21. The molecule has 1 unspecified atom stereocenters. The molecule has 0 fully saturated rings. The van der Waals surface area contributed by atoms with Gasteiger partial charge in [-0.3, -0.25) is 0 Å². The van der Waals surface area contributed by atoms with E-state index in [4.69, 9.17) is 16.3 Å². The predicted octanol–water partition coefficient (Wildman–Crippen LogP) is 4.52. The lowest BCUT2D eigenvalue weighted by Crippen LogP contribution is -2.24. The van der Waals surface area contributed by atoms with Crippen LogP contribution in [0.5, 0.6) is 5.75 Å². The topological polar surface area (TPSA) is 21.3 Å². The molecule has 2 aromatic rings. The van der Waals surface area contributed by atoms with E-state index in [2.05, 4.69) is 27.3 Å². The average Bonchev–Trinajstić information content (AvgIpc) is 2.80. The van der Waals surface area contributed by atoms with E-state index < -0.39 is 0 Å². The van der Waals surface area contributed by atoms with E-state index in [1.54, 1.807) is 0 Å². The Morgan fingerprint density at radius 1 is 1.26 bits per heavy atom. The van der Waals surface area contributed by atoms with Gasteiger partial charge in [0.25, 0.3) is 0 Å². The first-order chi connectivity index (χ1) is 9.22. The molecule has 0 saturated carbocycles. The van der Waals surface area contributed by atoms with Gasteiger partial charge in [-0.05, 0) is 45.8 Å². The Kier molecular flexibility index (Phi) is 3.67. The average molecular weight is 339 g/mol. The fourth-order valence-corrected chi connectivity index (χ4v) is 3.05. The lowest BCUT2D eigenvalue weighted by molar-refractivity contribution is 0.246. The van der Waals surface area contributed by atoms with Crippen LogP contribution in [0.1, 0.15) is 5.56 Å². The quantitative estimate of drug-likeness (QED) is 0.888. The monoisotopic (exact) mass is 337 g/mol. The van der Waals surface area contributed by atoms with Gasteiger partial charge in [0, 0.05) is 21.6 Å². The Morgan fingerprint density at radius 3 is 2.89 bits per heavy atom. The van der Waals surface area contributed by atoms with Crippen molar-refractivity contribution in [1.82, 2.24) is 0 Å². The van der Waals surface area contributed by atoms with E-state index in [1.165, 1.54) is 5.56 Å². The van der Waals surface area contributed by atoms with Crippen molar-refractivity contribution in [3.8, 4) is 5.75 Å². The van der Waals surface area contributed by atoms with Crippen molar-refractivity contribution in [2.45, 2.75) is 12.5 Å². The molecule has 1 aliphatic heterocycles. The first-order valence-corrected chi connectivity index (χ1v) is 7.33. The number of nitrogens with one attached hydrogen (secondary N) is 1. The van der Waals surface area contributed by atoms with Crippen LogP contribution < -0.4 is 10.1 Å². The first kappa shape index (κ1) is 12.8. The lowest BCUT2D eigenvalue weighted by Gasteiger charge is -2.14. The number of ether oxygens (including phenoxy) is 1. The molecule has 1 atom stereocenters. The minimum atomic E-state index is 0.181. The summed E-state index contributed by atoms with van der Waals surface area (Å²) in [6.07, 6.45) is 1.13. The standard InChI is InChI=1S/C15H13BrClNO/c16-13-8-11(17)5-6-14(13)18-9-12-7-10-3-1-2-4-15(10)19-12/h1-6,8,12,18H,7,9H2. The van der Waals surface area contributed by atoms with Gasteiger partial charge < -0.3 is 10.1 Å². The number of hydrogen-bond acceptors (Lipinski definition) is 2. The van der Waals surface area contributed by atoms with Gasteiger partial charge >= 0.3 is 0 Å². The summed E-state index contributed by atoms with van der Waals surface area (Å²) in [7, 11) is 0. The summed E-state index contributed by atoms with van der Waals surface area (Å²) in [6, 6.07) is 13.9. The maximum absolute atomic E-state index is 5.92. The minimum absolute atomic E-state index is 0.181. The van der Waals surface area contributed by atoms with Crippen LogP contribution in [-0.4, -0.2) is 12.6 Å². The smallest absolute Gasteiger partial charge is 0.123 e. The second-order valence-electron chi connectivity index (χ2n) is 4.56. The Hall–Kier alpha value is -1.19. The van der Waals surface area contributed by atoms with Gasteiger partial charge in [0.15, 0.2) is 0 Å². The molecule has 0 spiro atoms. The van der Waals surface area contributed by atoms with E-state index in [9.17, 15) is 0 Å². The normalized spacial score (nSPS) is 16.8. The number of halogens is 2. The third-order valence-corrected chi connectivity index (χ3v) is 4.06. The molecule has 0 amide bonds. The van der Waals surface area contributed by atoms with Crippen LogP contribution in [0, 0.1) is 0 Å². The molecule has 0 aliphatic carbocycles. The molecule has 2 aromatic carbocycles. The summed E-state index contributed by atoms with van der Waals surface area (Å²) in [5, 5.41) is 4.11. The number of benzene rings is 2. The van der Waals surface area contributed by atoms with Crippen molar-refractivity contribution < 1.29 is 4.74 Å². The van der Waals surface area contributed by atoms with Crippen LogP contribution in [0.15, 0.2) is 46.9 Å². The van der Waals surface area contributed by atoms with Gasteiger partial charge in [0.2, 0.25) is 0 Å². The molecule has 0 bridgehead atoms. The molecule has 1 N–H and O–H groups in total. The Bertz CT molecular complexity index is 577. The zero-order chi connectivity index (χ0) is 13.2. The summed E-state index contributed by atoms with van der Waals surface area (Å²) in [6.45, 7) is 0.773. The van der Waals surface area contributed by atoms with Gasteiger partial charge in [0.05, 0.1) is 6.54 Å². The number of hydrogen-bond donors (Lipinski definition) is 1. The molecule has 2 nitrogen and oxygen atoms in total. The SMILES string of the molecule is Clc1ccc(NCC2Cc3ccccc3O2)c(Br)c1. The van der Waals surface area contributed by atoms with Gasteiger partial charge in [-0.25, -0.2) is 0 Å². The molecule has 4 heteroatoms. The van der Waals surface area contributed by atoms with Crippen LogP contribution >= 0.6 is 27.5 Å². The fraction of sp³-hybridized carbons (Fsp3) is 0.200. The van der Waals surface area contributed by atoms with Crippen molar-refractivity contribution in [3.63, 3.8) is 0 Å². The molecule has 3 rings (SSSR count). The van der Waals surface area contributed by atoms with Crippen molar-refractivity contribution in [2.24, 2.45) is 0 Å². The van der Waals surface area contributed by atoms with Crippen molar-refractivity contribution in [2.75, 3.05) is 11.9 Å². The Labute approximate surface area is 125 Å². The van der Waals surface area contributed by atoms with Crippen LogP contribution in [0.25, 0.3) is 0 Å². The molecule has 0 radical (unpaired) electrons. The van der Waals surface area contributed by atoms with Gasteiger partial charge in [0.1, 0.15) is 11.9 Å². The minimum Gasteiger partial charge on any atom is -0.488 e. The van der Waals surface area contributed by atoms with E-state index in [-0.39, 0.29) is 6.10 Å². The summed E-state index contributed by atoms with van der Waals surface area (Å²) >= 11 is 9.42. The zero-order valence-electron chi connectivity index (χ0n) is 10.2. The van der Waals surface area contributed by atoms with E-state index in [1.807, 2.05) is 36.4 Å². The lowest BCUT2D eigenvalue weighted by atomic mass is 10.1. The highest BCUT2D eigenvalue weighted by atomic mass is 79.9. The van der Waals surface area contributed by atoms with Gasteiger partial charge in [-0.2, -0.15) is 0 Å². The molecule has 1 aliphatic rings. The molecule has 1 heterocycles. The molecule has 0 aromatic heterocycles. The molecule has 19 heavy (non-hydrogen) atoms. The summed E-state index contributed by atoms with van der Waals surface area (Å²) in [5.74, 6) is 1.00. The van der Waals surface area contributed by atoms with Crippen LogP contribution in [0.3, 0.4) is 0 Å². The van der Waals surface area contributed by atoms with E-state index >= 15 is 0 Å². The predicted molar refractivity (Wildman–Crippen MR) is 82.2 cm³/mol. The van der Waals surface area contributed by atoms with Crippen LogP contribution in [0.4, 0.5) is 5.69 Å². The maximum Gasteiger partial charge on any atom is 0.123 e. The maximum atomic E-state index is 5.92. The highest BCUT2D eigenvalue weighted by molar-refractivity contribution is 9.10. The third-order valence-electron chi connectivity index (χ3n) is 3.17. The number of anilines is 1. The van der Waals surface area contributed by atoms with Crippen molar-refractivity contribution in [1.29, 1.82) is 0 Å². The Morgan fingerprint density at radius 2 is 2.11 bits per heavy atom. The number of rotatable bonds is 3. The van der Waals surface area contributed by atoms with Gasteiger partial charge in [-0.1, -0.05) is 29.8 Å². The summed E-state index contributed by atoms with van der Waals surface area (Å²) in [5.41, 5.74) is 2.31. The summed E-state index contributed by atoms with van der Waals surface area (Å²) in [4.78, 5) is 0. The Balaban J connectivity index is 1.63.